The van der Waals surface area contributed by atoms with E-state index < -0.39 is 0 Å². The molecule has 1 fully saturated rings. The Hall–Kier alpha value is -1.18. The highest BCUT2D eigenvalue weighted by molar-refractivity contribution is 7.80. The molecular weight excluding hydrogens is 465 g/mol. The Bertz CT molecular complexity index is 706. The fraction of sp³-hybridized carbons (Fsp3) is 0.409. The number of nitrogens with zero attached hydrogens (tertiary/aromatic N) is 1. The maximum atomic E-state index is 5.59. The van der Waals surface area contributed by atoms with Gasteiger partial charge in [0.1, 0.15) is 12.6 Å². The number of likely N-dealkylation sites (N-methyl/N-ethyl adjacent to an activating group) is 1. The number of quaternary nitrogens is 1. The minimum Gasteiger partial charge on any atom is -1.00 e. The van der Waals surface area contributed by atoms with Crippen LogP contribution in [-0.4, -0.2) is 35.8 Å². The van der Waals surface area contributed by atoms with Crippen LogP contribution < -0.4 is 34.6 Å². The van der Waals surface area contributed by atoms with Crippen molar-refractivity contribution in [2.24, 2.45) is 0 Å². The first-order valence-electron chi connectivity index (χ1n) is 9.54. The van der Waals surface area contributed by atoms with Gasteiger partial charge in [0.15, 0.2) is 5.11 Å². The summed E-state index contributed by atoms with van der Waals surface area (Å²) in [5.41, 5.74) is 2.43. The van der Waals surface area contributed by atoms with Gasteiger partial charge >= 0.3 is 0 Å². The Labute approximate surface area is 186 Å². The van der Waals surface area contributed by atoms with E-state index in [-0.39, 0.29) is 24.0 Å². The molecule has 0 saturated heterocycles. The van der Waals surface area contributed by atoms with Gasteiger partial charge in [0.05, 0.1) is 20.1 Å². The Kier molecular flexibility index (Phi) is 8.51. The standard InChI is InChI=1S/C22H29N3S.HI/c1-25(2,17-18-11-5-3-6-12-18)21-16-10-9-15-20(21)24-22(26)23-19-13-7-4-8-14-19;/h3-8,11-14,20-21H,9-10,15-17H2,1-2H3,(H-,23,24,26);1H. The first-order valence-corrected chi connectivity index (χ1v) is 9.94. The average molecular weight is 495 g/mol. The smallest absolute Gasteiger partial charge is 0.171 e. The molecule has 0 spiro atoms. The van der Waals surface area contributed by atoms with Gasteiger partial charge in [-0.05, 0) is 37.2 Å². The minimum atomic E-state index is 0. The Morgan fingerprint density at radius 1 is 0.963 bits per heavy atom. The molecule has 0 bridgehead atoms. The fourth-order valence-corrected chi connectivity index (χ4v) is 4.41. The number of anilines is 1. The summed E-state index contributed by atoms with van der Waals surface area (Å²) in [6.07, 6.45) is 4.99. The van der Waals surface area contributed by atoms with E-state index in [1.54, 1.807) is 0 Å². The number of benzene rings is 2. The summed E-state index contributed by atoms with van der Waals surface area (Å²) < 4.78 is 0.982. The van der Waals surface area contributed by atoms with Gasteiger partial charge in [-0.3, -0.25) is 0 Å². The van der Waals surface area contributed by atoms with Gasteiger partial charge in [0.2, 0.25) is 0 Å². The highest BCUT2D eigenvalue weighted by Crippen LogP contribution is 2.28. The third-order valence-electron chi connectivity index (χ3n) is 5.41. The van der Waals surface area contributed by atoms with Crippen LogP contribution in [0.3, 0.4) is 0 Å². The van der Waals surface area contributed by atoms with Gasteiger partial charge < -0.3 is 39.1 Å². The fourth-order valence-electron chi connectivity index (χ4n) is 4.14. The second-order valence-electron chi connectivity index (χ2n) is 7.85. The van der Waals surface area contributed by atoms with Crippen molar-refractivity contribution < 1.29 is 28.5 Å². The molecular formula is C22H30IN3S. The molecule has 0 amide bonds. The van der Waals surface area contributed by atoms with Gasteiger partial charge in [-0.15, -0.1) is 0 Å². The summed E-state index contributed by atoms with van der Waals surface area (Å²) in [5.74, 6) is 0. The normalized spacial score (nSPS) is 19.6. The Morgan fingerprint density at radius 3 is 2.22 bits per heavy atom. The van der Waals surface area contributed by atoms with E-state index in [0.29, 0.717) is 12.1 Å². The monoisotopic (exact) mass is 495 g/mol. The molecule has 2 unspecified atom stereocenters. The molecule has 1 aliphatic rings. The molecule has 2 atom stereocenters. The Balaban J connectivity index is 0.00000261. The lowest BCUT2D eigenvalue weighted by atomic mass is 9.87. The topological polar surface area (TPSA) is 24.1 Å². The quantitative estimate of drug-likeness (QED) is 0.374. The van der Waals surface area contributed by atoms with Crippen LogP contribution in [0.4, 0.5) is 5.69 Å². The van der Waals surface area contributed by atoms with E-state index in [9.17, 15) is 0 Å². The minimum absolute atomic E-state index is 0. The van der Waals surface area contributed by atoms with E-state index in [1.807, 2.05) is 30.3 Å². The van der Waals surface area contributed by atoms with Crippen LogP contribution in [0.2, 0.25) is 0 Å². The third-order valence-corrected chi connectivity index (χ3v) is 5.63. The number of rotatable bonds is 5. The molecule has 27 heavy (non-hydrogen) atoms. The molecule has 2 aromatic carbocycles. The predicted octanol–water partition coefficient (Wildman–Crippen LogP) is 1.56. The first-order chi connectivity index (χ1) is 12.5. The zero-order valence-electron chi connectivity index (χ0n) is 16.2. The second-order valence-corrected chi connectivity index (χ2v) is 8.25. The molecule has 0 heterocycles. The molecule has 1 saturated carbocycles. The predicted molar refractivity (Wildman–Crippen MR) is 114 cm³/mol. The molecule has 3 rings (SSSR count). The molecule has 1 aliphatic carbocycles. The zero-order chi connectivity index (χ0) is 18.4. The molecule has 0 aliphatic heterocycles. The highest BCUT2D eigenvalue weighted by atomic mass is 127. The van der Waals surface area contributed by atoms with E-state index in [0.717, 1.165) is 21.8 Å². The van der Waals surface area contributed by atoms with Crippen molar-refractivity contribution in [2.45, 2.75) is 44.3 Å². The number of halogens is 1. The van der Waals surface area contributed by atoms with Crippen molar-refractivity contribution in [3.8, 4) is 0 Å². The lowest BCUT2D eigenvalue weighted by Crippen LogP contribution is -3.00. The van der Waals surface area contributed by atoms with E-state index in [1.165, 1.54) is 31.2 Å². The summed E-state index contributed by atoms with van der Waals surface area (Å²) >= 11 is 5.59. The van der Waals surface area contributed by atoms with E-state index in [2.05, 4.69) is 55.1 Å². The number of hydrogen-bond acceptors (Lipinski definition) is 1. The van der Waals surface area contributed by atoms with Crippen LogP contribution in [0.1, 0.15) is 31.2 Å². The maximum absolute atomic E-state index is 5.59. The largest absolute Gasteiger partial charge is 1.00 e. The third kappa shape index (κ3) is 6.43. The van der Waals surface area contributed by atoms with Crippen molar-refractivity contribution in [3.63, 3.8) is 0 Å². The number of para-hydroxylation sites is 1. The van der Waals surface area contributed by atoms with E-state index in [4.69, 9.17) is 12.2 Å². The molecule has 3 nitrogen and oxygen atoms in total. The molecule has 2 aromatic rings. The lowest BCUT2D eigenvalue weighted by Gasteiger charge is -2.45. The zero-order valence-corrected chi connectivity index (χ0v) is 19.2. The summed E-state index contributed by atoms with van der Waals surface area (Å²) in [5, 5.41) is 7.67. The van der Waals surface area contributed by atoms with Crippen LogP contribution in [0.15, 0.2) is 60.7 Å². The molecule has 0 aromatic heterocycles. The number of thiocarbonyl (C=S) groups is 1. The second kappa shape index (κ2) is 10.4. The van der Waals surface area contributed by atoms with Gasteiger partial charge in [-0.1, -0.05) is 55.0 Å². The van der Waals surface area contributed by atoms with Gasteiger partial charge in [-0.25, -0.2) is 0 Å². The molecule has 146 valence electrons. The number of hydrogen-bond donors (Lipinski definition) is 2. The summed E-state index contributed by atoms with van der Waals surface area (Å²) in [7, 11) is 4.71. The van der Waals surface area contributed by atoms with Crippen LogP contribution in [0.5, 0.6) is 0 Å². The summed E-state index contributed by atoms with van der Waals surface area (Å²) in [6.45, 7) is 1.04. The van der Waals surface area contributed by atoms with Crippen molar-refractivity contribution >= 4 is 23.0 Å². The number of nitrogens with one attached hydrogen (secondary N) is 2. The molecule has 2 N–H and O–H groups in total. The van der Waals surface area contributed by atoms with Crippen molar-refractivity contribution in [3.05, 3.63) is 66.2 Å². The van der Waals surface area contributed by atoms with Crippen LogP contribution in [0, 0.1) is 0 Å². The van der Waals surface area contributed by atoms with Crippen LogP contribution in [-0.2, 0) is 6.54 Å². The lowest BCUT2D eigenvalue weighted by molar-refractivity contribution is -0.930. The summed E-state index contributed by atoms with van der Waals surface area (Å²) in [4.78, 5) is 0. The van der Waals surface area contributed by atoms with Crippen molar-refractivity contribution in [1.82, 2.24) is 5.32 Å². The van der Waals surface area contributed by atoms with Crippen molar-refractivity contribution in [1.29, 1.82) is 0 Å². The van der Waals surface area contributed by atoms with Crippen LogP contribution >= 0.6 is 12.2 Å². The maximum Gasteiger partial charge on any atom is 0.171 e. The molecule has 5 heteroatoms. The van der Waals surface area contributed by atoms with E-state index >= 15 is 0 Å². The Morgan fingerprint density at radius 2 is 1.56 bits per heavy atom. The van der Waals surface area contributed by atoms with Gasteiger partial charge in [0, 0.05) is 17.7 Å². The van der Waals surface area contributed by atoms with Crippen molar-refractivity contribution in [2.75, 3.05) is 19.4 Å². The highest BCUT2D eigenvalue weighted by Gasteiger charge is 2.37. The first kappa shape index (κ1) is 22.1. The van der Waals surface area contributed by atoms with Gasteiger partial charge in [0.25, 0.3) is 0 Å². The average Bonchev–Trinajstić information content (AvgIpc) is 2.63. The SMILES string of the molecule is C[N+](C)(Cc1ccccc1)C1CCCCC1NC(=S)Nc1ccccc1.[I-]. The van der Waals surface area contributed by atoms with Gasteiger partial charge in [-0.2, -0.15) is 0 Å². The summed E-state index contributed by atoms with van der Waals surface area (Å²) in [6, 6.07) is 21.9. The van der Waals surface area contributed by atoms with Crippen LogP contribution in [0.25, 0.3) is 0 Å². The molecule has 0 radical (unpaired) electrons.